The van der Waals surface area contributed by atoms with E-state index in [0.717, 1.165) is 25.2 Å². The molecule has 27 heavy (non-hydrogen) atoms. The Morgan fingerprint density at radius 2 is 2.26 bits per heavy atom. The third-order valence-electron chi connectivity index (χ3n) is 6.36. The van der Waals surface area contributed by atoms with Gasteiger partial charge in [0.25, 0.3) is 5.91 Å². The predicted molar refractivity (Wildman–Crippen MR) is 96.9 cm³/mol. The van der Waals surface area contributed by atoms with E-state index in [-0.39, 0.29) is 17.7 Å². The number of aromatic nitrogens is 2. The molecule has 3 fully saturated rings. The van der Waals surface area contributed by atoms with E-state index >= 15 is 0 Å². The number of furan rings is 1. The van der Waals surface area contributed by atoms with Crippen molar-refractivity contribution in [3.8, 4) is 0 Å². The Labute approximate surface area is 157 Å². The SMILES string of the molecule is Cn1cnc([C@@H]2CN(C(=O)c3ccco3)C[C@@]23CCN(CC2CC2)C3=O)c1. The quantitative estimate of drug-likeness (QED) is 0.826. The van der Waals surface area contributed by atoms with Gasteiger partial charge in [-0.3, -0.25) is 9.59 Å². The summed E-state index contributed by atoms with van der Waals surface area (Å²) in [5.41, 5.74) is 0.333. The van der Waals surface area contributed by atoms with Crippen molar-refractivity contribution in [1.29, 1.82) is 0 Å². The summed E-state index contributed by atoms with van der Waals surface area (Å²) in [5.74, 6) is 0.965. The molecule has 0 aromatic carbocycles. The molecule has 142 valence electrons. The molecule has 2 aromatic heterocycles. The van der Waals surface area contributed by atoms with Gasteiger partial charge >= 0.3 is 0 Å². The molecule has 0 radical (unpaired) electrons. The molecule has 2 atom stereocenters. The number of hydrogen-bond acceptors (Lipinski definition) is 4. The van der Waals surface area contributed by atoms with Crippen LogP contribution in [-0.4, -0.2) is 57.3 Å². The summed E-state index contributed by atoms with van der Waals surface area (Å²) in [4.78, 5) is 34.7. The Morgan fingerprint density at radius 3 is 2.93 bits per heavy atom. The lowest BCUT2D eigenvalue weighted by Gasteiger charge is -2.27. The topological polar surface area (TPSA) is 71.6 Å². The average Bonchev–Trinajstić information content (AvgIpc) is 3.06. The Balaban J connectivity index is 1.47. The lowest BCUT2D eigenvalue weighted by atomic mass is 9.75. The van der Waals surface area contributed by atoms with Crippen LogP contribution < -0.4 is 0 Å². The monoisotopic (exact) mass is 368 g/mol. The Kier molecular flexibility index (Phi) is 3.67. The van der Waals surface area contributed by atoms with Crippen LogP contribution in [0, 0.1) is 11.3 Å². The van der Waals surface area contributed by atoms with Crippen LogP contribution in [0.3, 0.4) is 0 Å². The molecule has 1 saturated carbocycles. The van der Waals surface area contributed by atoms with Crippen LogP contribution in [0.25, 0.3) is 0 Å². The zero-order valence-corrected chi connectivity index (χ0v) is 15.5. The largest absolute Gasteiger partial charge is 0.459 e. The van der Waals surface area contributed by atoms with Gasteiger partial charge in [-0.1, -0.05) is 0 Å². The lowest BCUT2D eigenvalue weighted by Crippen LogP contribution is -2.41. The molecule has 0 N–H and O–H groups in total. The van der Waals surface area contributed by atoms with Gasteiger partial charge in [0.05, 0.1) is 23.7 Å². The highest BCUT2D eigenvalue weighted by Crippen LogP contribution is 2.50. The second-order valence-electron chi connectivity index (χ2n) is 8.28. The van der Waals surface area contributed by atoms with Crippen molar-refractivity contribution in [2.24, 2.45) is 18.4 Å². The van der Waals surface area contributed by atoms with E-state index in [1.54, 1.807) is 23.4 Å². The molecule has 2 aliphatic heterocycles. The molecule has 0 bridgehead atoms. The van der Waals surface area contributed by atoms with E-state index in [1.807, 2.05) is 22.7 Å². The van der Waals surface area contributed by atoms with Gasteiger partial charge in [-0.15, -0.1) is 0 Å². The third-order valence-corrected chi connectivity index (χ3v) is 6.36. The van der Waals surface area contributed by atoms with Crippen molar-refractivity contribution in [1.82, 2.24) is 19.4 Å². The molecule has 5 rings (SSSR count). The molecular weight excluding hydrogens is 344 g/mol. The van der Waals surface area contributed by atoms with E-state index in [0.29, 0.717) is 24.8 Å². The van der Waals surface area contributed by atoms with Crippen molar-refractivity contribution in [3.63, 3.8) is 0 Å². The summed E-state index contributed by atoms with van der Waals surface area (Å²) >= 11 is 0. The Bertz CT molecular complexity index is 870. The number of likely N-dealkylation sites (tertiary alicyclic amines) is 2. The van der Waals surface area contributed by atoms with Crippen LogP contribution in [-0.2, 0) is 11.8 Å². The zero-order chi connectivity index (χ0) is 18.6. The van der Waals surface area contributed by atoms with E-state index in [1.165, 1.54) is 19.1 Å². The third kappa shape index (κ3) is 2.67. The average molecular weight is 368 g/mol. The van der Waals surface area contributed by atoms with Crippen molar-refractivity contribution < 1.29 is 14.0 Å². The number of imidazole rings is 1. The summed E-state index contributed by atoms with van der Waals surface area (Å²) in [5, 5.41) is 0. The van der Waals surface area contributed by atoms with Crippen LogP contribution in [0.1, 0.15) is 41.4 Å². The second kappa shape index (κ2) is 5.97. The van der Waals surface area contributed by atoms with Gasteiger partial charge in [0.15, 0.2) is 5.76 Å². The van der Waals surface area contributed by atoms with Crippen molar-refractivity contribution >= 4 is 11.8 Å². The van der Waals surface area contributed by atoms with Gasteiger partial charge in [0, 0.05) is 45.3 Å². The first-order valence-corrected chi connectivity index (χ1v) is 9.67. The lowest BCUT2D eigenvalue weighted by molar-refractivity contribution is -0.136. The normalized spacial score (nSPS) is 27.9. The van der Waals surface area contributed by atoms with E-state index < -0.39 is 5.41 Å². The number of amides is 2. The van der Waals surface area contributed by atoms with Crippen molar-refractivity contribution in [2.75, 3.05) is 26.2 Å². The molecular formula is C20H24N4O3. The second-order valence-corrected chi connectivity index (χ2v) is 8.28. The number of carbonyl (C=O) groups is 2. The van der Waals surface area contributed by atoms with Gasteiger partial charge in [-0.2, -0.15) is 0 Å². The van der Waals surface area contributed by atoms with E-state index in [2.05, 4.69) is 4.98 Å². The van der Waals surface area contributed by atoms with E-state index in [4.69, 9.17) is 4.42 Å². The molecule has 7 heteroatoms. The molecule has 1 aliphatic carbocycles. The highest BCUT2D eigenvalue weighted by atomic mass is 16.3. The summed E-state index contributed by atoms with van der Waals surface area (Å²) in [6.07, 6.45) is 8.48. The standard InChI is InChI=1S/C20H24N4O3/c1-22-11-16(21-13-22)15-10-24(18(25)17-3-2-8-27-17)12-20(15)6-7-23(19(20)26)9-14-4-5-14/h2-3,8,11,13-15H,4-7,9-10,12H2,1H3/t15-,20-/m0/s1. The Hall–Kier alpha value is -2.57. The van der Waals surface area contributed by atoms with Crippen LogP contribution in [0.4, 0.5) is 0 Å². The fourth-order valence-electron chi connectivity index (χ4n) is 4.72. The van der Waals surface area contributed by atoms with Crippen molar-refractivity contribution in [3.05, 3.63) is 42.4 Å². The maximum absolute atomic E-state index is 13.5. The maximum atomic E-state index is 13.5. The summed E-state index contributed by atoms with van der Waals surface area (Å²) in [6, 6.07) is 3.40. The predicted octanol–water partition coefficient (Wildman–Crippen LogP) is 1.88. The molecule has 4 heterocycles. The van der Waals surface area contributed by atoms with Crippen LogP contribution in [0.5, 0.6) is 0 Å². The molecule has 3 aliphatic rings. The van der Waals surface area contributed by atoms with Gasteiger partial charge in [0.2, 0.25) is 5.91 Å². The number of nitrogens with zero attached hydrogens (tertiary/aromatic N) is 4. The summed E-state index contributed by atoms with van der Waals surface area (Å²) < 4.78 is 7.21. The first-order valence-electron chi connectivity index (χ1n) is 9.67. The van der Waals surface area contributed by atoms with Gasteiger partial charge in [-0.25, -0.2) is 4.98 Å². The molecule has 1 spiro atoms. The number of rotatable bonds is 4. The Morgan fingerprint density at radius 1 is 1.41 bits per heavy atom. The van der Waals surface area contributed by atoms with Gasteiger partial charge in [0.1, 0.15) is 0 Å². The van der Waals surface area contributed by atoms with Crippen LogP contribution in [0.2, 0.25) is 0 Å². The molecule has 2 aromatic rings. The van der Waals surface area contributed by atoms with Gasteiger partial charge in [-0.05, 0) is 37.3 Å². The molecule has 7 nitrogen and oxygen atoms in total. The van der Waals surface area contributed by atoms with E-state index in [9.17, 15) is 9.59 Å². The number of hydrogen-bond donors (Lipinski definition) is 0. The number of carbonyl (C=O) groups excluding carboxylic acids is 2. The molecule has 2 saturated heterocycles. The van der Waals surface area contributed by atoms with Gasteiger partial charge < -0.3 is 18.8 Å². The maximum Gasteiger partial charge on any atom is 0.289 e. The van der Waals surface area contributed by atoms with Crippen LogP contribution >= 0.6 is 0 Å². The smallest absolute Gasteiger partial charge is 0.289 e. The number of aryl methyl sites for hydroxylation is 1. The fraction of sp³-hybridized carbons (Fsp3) is 0.550. The first-order chi connectivity index (χ1) is 13.1. The zero-order valence-electron chi connectivity index (χ0n) is 15.5. The minimum Gasteiger partial charge on any atom is -0.459 e. The molecule has 2 amide bonds. The van der Waals surface area contributed by atoms with Crippen molar-refractivity contribution in [2.45, 2.75) is 25.2 Å². The fourth-order valence-corrected chi connectivity index (χ4v) is 4.72. The highest BCUT2D eigenvalue weighted by molar-refractivity contribution is 5.94. The first kappa shape index (κ1) is 16.6. The summed E-state index contributed by atoms with van der Waals surface area (Å²) in [6.45, 7) is 2.58. The van der Waals surface area contributed by atoms with Crippen LogP contribution in [0.15, 0.2) is 35.3 Å². The minimum atomic E-state index is -0.564. The minimum absolute atomic E-state index is 0.0747. The summed E-state index contributed by atoms with van der Waals surface area (Å²) in [7, 11) is 1.93. The highest BCUT2D eigenvalue weighted by Gasteiger charge is 2.59. The molecule has 0 unspecified atom stereocenters.